The second kappa shape index (κ2) is 5.34. The highest BCUT2D eigenvalue weighted by molar-refractivity contribution is 6.02. The molecular formula is C18H19NO5. The van der Waals surface area contributed by atoms with Crippen molar-refractivity contribution in [2.24, 2.45) is 11.8 Å². The first-order chi connectivity index (χ1) is 11.6. The molecule has 126 valence electrons. The number of rotatable bonds is 4. The predicted molar refractivity (Wildman–Crippen MR) is 85.7 cm³/mol. The Bertz CT molecular complexity index is 713. The minimum Gasteiger partial charge on any atom is -0.497 e. The smallest absolute Gasteiger partial charge is 0.312 e. The van der Waals surface area contributed by atoms with E-state index in [1.54, 1.807) is 18.9 Å². The van der Waals surface area contributed by atoms with Crippen LogP contribution in [-0.2, 0) is 19.1 Å². The quantitative estimate of drug-likeness (QED) is 0.619. The first kappa shape index (κ1) is 15.2. The number of ether oxygens (including phenoxy) is 3. The fourth-order valence-electron chi connectivity index (χ4n) is 3.99. The van der Waals surface area contributed by atoms with Crippen LogP contribution < -0.4 is 9.64 Å². The highest BCUT2D eigenvalue weighted by atomic mass is 16.6. The topological polar surface area (TPSA) is 65.1 Å². The Labute approximate surface area is 140 Å². The zero-order valence-electron chi connectivity index (χ0n) is 13.6. The zero-order valence-corrected chi connectivity index (χ0v) is 13.6. The number of esters is 1. The maximum atomic E-state index is 13.0. The van der Waals surface area contributed by atoms with Gasteiger partial charge in [0.2, 0.25) is 5.91 Å². The van der Waals surface area contributed by atoms with Crippen LogP contribution in [0.2, 0.25) is 0 Å². The Morgan fingerprint density at radius 2 is 2.12 bits per heavy atom. The average Bonchev–Trinajstić information content (AvgIpc) is 3.23. The molecule has 4 rings (SSSR count). The maximum Gasteiger partial charge on any atom is 0.312 e. The molecule has 0 aliphatic carbocycles. The summed E-state index contributed by atoms with van der Waals surface area (Å²) < 4.78 is 16.4. The summed E-state index contributed by atoms with van der Waals surface area (Å²) in [5, 5.41) is 0. The van der Waals surface area contributed by atoms with E-state index >= 15 is 0 Å². The van der Waals surface area contributed by atoms with Gasteiger partial charge in [-0.2, -0.15) is 0 Å². The van der Waals surface area contributed by atoms with Crippen molar-refractivity contribution in [2.45, 2.75) is 18.6 Å². The number of hydrogen-bond donors (Lipinski definition) is 0. The Hall–Kier alpha value is -2.34. The predicted octanol–water partition coefficient (Wildman–Crippen LogP) is 1.54. The largest absolute Gasteiger partial charge is 0.497 e. The minimum absolute atomic E-state index is 0.0925. The lowest BCUT2D eigenvalue weighted by atomic mass is 9.77. The van der Waals surface area contributed by atoms with Gasteiger partial charge in [0.05, 0.1) is 32.3 Å². The Morgan fingerprint density at radius 3 is 2.79 bits per heavy atom. The lowest BCUT2D eigenvalue weighted by Crippen LogP contribution is -2.40. The van der Waals surface area contributed by atoms with Crippen LogP contribution in [0.1, 0.15) is 6.92 Å². The van der Waals surface area contributed by atoms with Crippen molar-refractivity contribution >= 4 is 17.6 Å². The third-order valence-corrected chi connectivity index (χ3v) is 5.04. The molecule has 6 heteroatoms. The highest BCUT2D eigenvalue weighted by Crippen LogP contribution is 2.52. The third kappa shape index (κ3) is 1.99. The molecule has 0 saturated carbocycles. The fourth-order valence-corrected chi connectivity index (χ4v) is 3.99. The van der Waals surface area contributed by atoms with Gasteiger partial charge in [-0.3, -0.25) is 9.59 Å². The summed E-state index contributed by atoms with van der Waals surface area (Å²) in [7, 11) is 1.60. The standard InChI is InChI=1S/C18H19NO5/c1-3-23-17(21)14-13-8-9-18(24-13)10-19(16(20)15(14)18)11-4-6-12(22-2)7-5-11/h4-9,13-15H,3,10H2,1-2H3/t13-,14-,15-,18+/m1/s1. The van der Waals surface area contributed by atoms with Crippen LogP contribution in [0.4, 0.5) is 5.69 Å². The summed E-state index contributed by atoms with van der Waals surface area (Å²) in [6.07, 6.45) is 3.44. The van der Waals surface area contributed by atoms with Gasteiger partial charge in [0.25, 0.3) is 0 Å². The summed E-state index contributed by atoms with van der Waals surface area (Å²) in [5.74, 6) is -0.807. The van der Waals surface area contributed by atoms with E-state index in [0.29, 0.717) is 13.2 Å². The second-order valence-corrected chi connectivity index (χ2v) is 6.27. The van der Waals surface area contributed by atoms with Gasteiger partial charge >= 0.3 is 5.97 Å². The van der Waals surface area contributed by atoms with Crippen LogP contribution in [-0.4, -0.2) is 43.8 Å². The Kier molecular flexibility index (Phi) is 3.38. The molecule has 2 bridgehead atoms. The summed E-state index contributed by atoms with van der Waals surface area (Å²) in [5.41, 5.74) is 0.0478. The molecule has 1 aromatic carbocycles. The Morgan fingerprint density at radius 1 is 1.38 bits per heavy atom. The van der Waals surface area contributed by atoms with Crippen molar-refractivity contribution in [3.63, 3.8) is 0 Å². The normalized spacial score (nSPS) is 33.0. The van der Waals surface area contributed by atoms with Crippen molar-refractivity contribution in [3.05, 3.63) is 36.4 Å². The number of amides is 1. The van der Waals surface area contributed by atoms with E-state index in [1.165, 1.54) is 0 Å². The van der Waals surface area contributed by atoms with E-state index < -0.39 is 17.4 Å². The molecule has 0 N–H and O–H groups in total. The van der Waals surface area contributed by atoms with E-state index in [1.807, 2.05) is 36.4 Å². The molecule has 3 aliphatic rings. The number of nitrogens with zero attached hydrogens (tertiary/aromatic N) is 1. The van der Waals surface area contributed by atoms with E-state index in [2.05, 4.69) is 0 Å². The van der Waals surface area contributed by atoms with E-state index in [4.69, 9.17) is 14.2 Å². The van der Waals surface area contributed by atoms with Gasteiger partial charge in [0.15, 0.2) is 0 Å². The van der Waals surface area contributed by atoms with E-state index in [-0.39, 0.29) is 18.0 Å². The number of carbonyl (C=O) groups is 2. The minimum atomic E-state index is -0.723. The number of carbonyl (C=O) groups excluding carboxylic acids is 2. The van der Waals surface area contributed by atoms with E-state index in [0.717, 1.165) is 11.4 Å². The van der Waals surface area contributed by atoms with Crippen LogP contribution in [0.15, 0.2) is 36.4 Å². The molecule has 0 unspecified atom stereocenters. The molecule has 1 amide bonds. The van der Waals surface area contributed by atoms with E-state index in [9.17, 15) is 9.59 Å². The van der Waals surface area contributed by atoms with Gasteiger partial charge in [-0.1, -0.05) is 12.2 Å². The SMILES string of the molecule is CCOC(=O)[C@@H]1[C@H]2C=C[C@@]3(CN(c4ccc(OC)cc4)C(=O)[C@@H]13)O2. The summed E-state index contributed by atoms with van der Waals surface area (Å²) in [6, 6.07) is 7.30. The molecule has 3 aliphatic heterocycles. The Balaban J connectivity index is 1.65. The first-order valence-corrected chi connectivity index (χ1v) is 8.09. The van der Waals surface area contributed by atoms with Crippen LogP contribution in [0.25, 0.3) is 0 Å². The zero-order chi connectivity index (χ0) is 16.9. The maximum absolute atomic E-state index is 13.0. The third-order valence-electron chi connectivity index (χ3n) is 5.04. The number of anilines is 1. The molecule has 0 radical (unpaired) electrons. The van der Waals surface area contributed by atoms with Crippen molar-refractivity contribution in [1.29, 1.82) is 0 Å². The lowest BCUT2D eigenvalue weighted by molar-refractivity contribution is -0.151. The first-order valence-electron chi connectivity index (χ1n) is 8.09. The van der Waals surface area contributed by atoms with Crippen molar-refractivity contribution in [2.75, 3.05) is 25.2 Å². The molecular weight excluding hydrogens is 310 g/mol. The van der Waals surface area contributed by atoms with Crippen molar-refractivity contribution in [1.82, 2.24) is 0 Å². The summed E-state index contributed by atoms with van der Waals surface area (Å²) in [4.78, 5) is 27.0. The molecule has 1 spiro atoms. The van der Waals surface area contributed by atoms with Crippen molar-refractivity contribution in [3.8, 4) is 5.75 Å². The van der Waals surface area contributed by atoms with Crippen LogP contribution in [0.3, 0.4) is 0 Å². The monoisotopic (exact) mass is 329 g/mol. The summed E-state index contributed by atoms with van der Waals surface area (Å²) >= 11 is 0. The molecule has 1 aromatic rings. The van der Waals surface area contributed by atoms with Crippen molar-refractivity contribution < 1.29 is 23.8 Å². The number of methoxy groups -OCH3 is 1. The molecule has 24 heavy (non-hydrogen) atoms. The number of benzene rings is 1. The second-order valence-electron chi connectivity index (χ2n) is 6.27. The molecule has 2 saturated heterocycles. The molecule has 6 nitrogen and oxygen atoms in total. The van der Waals surface area contributed by atoms with Crippen LogP contribution >= 0.6 is 0 Å². The molecule has 0 aromatic heterocycles. The molecule has 2 fully saturated rings. The fraction of sp³-hybridized carbons (Fsp3) is 0.444. The van der Waals surface area contributed by atoms with Crippen LogP contribution in [0.5, 0.6) is 5.75 Å². The average molecular weight is 329 g/mol. The number of hydrogen-bond acceptors (Lipinski definition) is 5. The van der Waals surface area contributed by atoms with Gasteiger partial charge in [0.1, 0.15) is 17.3 Å². The van der Waals surface area contributed by atoms with Gasteiger partial charge in [0, 0.05) is 5.69 Å². The highest BCUT2D eigenvalue weighted by Gasteiger charge is 2.67. The van der Waals surface area contributed by atoms with Crippen LogP contribution in [0, 0.1) is 11.8 Å². The molecule has 4 atom stereocenters. The number of fused-ring (bicyclic) bond motifs is 1. The van der Waals surface area contributed by atoms with Gasteiger partial charge in [-0.25, -0.2) is 0 Å². The van der Waals surface area contributed by atoms with Gasteiger partial charge < -0.3 is 19.1 Å². The van der Waals surface area contributed by atoms with Gasteiger partial charge in [-0.15, -0.1) is 0 Å². The van der Waals surface area contributed by atoms with Gasteiger partial charge in [-0.05, 0) is 31.2 Å². The molecule has 3 heterocycles. The lowest BCUT2D eigenvalue weighted by Gasteiger charge is -2.22. The summed E-state index contributed by atoms with van der Waals surface area (Å²) in [6.45, 7) is 2.46.